The number of anilines is 2. The number of rotatable bonds is 3. The summed E-state index contributed by atoms with van der Waals surface area (Å²) in [4.78, 5) is 22.3. The molecule has 124 valence electrons. The van der Waals surface area contributed by atoms with E-state index in [-0.39, 0.29) is 5.91 Å². The van der Waals surface area contributed by atoms with Gasteiger partial charge in [0, 0.05) is 27.5 Å². The molecular weight excluding hydrogens is 376 g/mol. The van der Waals surface area contributed by atoms with E-state index in [1.54, 1.807) is 11.6 Å². The lowest BCUT2D eigenvalue weighted by Gasteiger charge is -2.01. The number of pyridine rings is 1. The number of thiazole rings is 1. The van der Waals surface area contributed by atoms with Gasteiger partial charge in [-0.25, -0.2) is 9.97 Å². The number of hydrogen-bond donors (Lipinski definition) is 2. The largest absolute Gasteiger partial charge is 0.397 e. The highest BCUT2D eigenvalue weighted by Crippen LogP contribution is 2.34. The zero-order valence-electron chi connectivity index (χ0n) is 12.7. The molecule has 3 N–H and O–H groups in total. The number of carbonyl (C=O) groups is 1. The third kappa shape index (κ3) is 3.09. The molecule has 3 aromatic heterocycles. The fraction of sp³-hybridized carbons (Fsp3) is 0. The van der Waals surface area contributed by atoms with Gasteiger partial charge in [-0.15, -0.1) is 22.7 Å². The summed E-state index contributed by atoms with van der Waals surface area (Å²) < 4.78 is 0. The number of nitrogens with one attached hydrogen (secondary N) is 1. The number of amides is 1. The molecule has 1 aromatic carbocycles. The molecule has 0 aliphatic rings. The van der Waals surface area contributed by atoms with Gasteiger partial charge in [0.1, 0.15) is 9.71 Å². The number of fused-ring (bicyclic) bond motifs is 1. The van der Waals surface area contributed by atoms with Crippen LogP contribution in [-0.4, -0.2) is 15.9 Å². The van der Waals surface area contributed by atoms with Crippen molar-refractivity contribution in [2.24, 2.45) is 0 Å². The summed E-state index contributed by atoms with van der Waals surface area (Å²) in [5.74, 6) is -0.275. The zero-order chi connectivity index (χ0) is 17.4. The van der Waals surface area contributed by atoms with E-state index in [0.29, 0.717) is 25.5 Å². The molecule has 0 atom stereocenters. The van der Waals surface area contributed by atoms with Gasteiger partial charge in [0.15, 0.2) is 5.13 Å². The Bertz CT molecular complexity index is 1060. The Kier molecular flexibility index (Phi) is 4.12. The fourth-order valence-corrected chi connectivity index (χ4v) is 4.03. The van der Waals surface area contributed by atoms with Crippen LogP contribution in [0.4, 0.5) is 10.8 Å². The summed E-state index contributed by atoms with van der Waals surface area (Å²) in [5.41, 5.74) is 8.34. The van der Waals surface area contributed by atoms with Crippen LogP contribution in [0.2, 0.25) is 5.02 Å². The monoisotopic (exact) mass is 386 g/mol. The maximum Gasteiger partial charge on any atom is 0.269 e. The molecule has 0 aliphatic carbocycles. The summed E-state index contributed by atoms with van der Waals surface area (Å²) in [6, 6.07) is 11.2. The molecule has 25 heavy (non-hydrogen) atoms. The van der Waals surface area contributed by atoms with E-state index >= 15 is 0 Å². The Balaban J connectivity index is 1.71. The average Bonchev–Trinajstić information content (AvgIpc) is 3.23. The predicted octanol–water partition coefficient (Wildman–Crippen LogP) is 4.91. The quantitative estimate of drug-likeness (QED) is 0.524. The highest BCUT2D eigenvalue weighted by molar-refractivity contribution is 7.21. The Morgan fingerprint density at radius 1 is 1.16 bits per heavy atom. The van der Waals surface area contributed by atoms with Crippen molar-refractivity contribution in [1.82, 2.24) is 9.97 Å². The molecule has 0 unspecified atom stereocenters. The van der Waals surface area contributed by atoms with Gasteiger partial charge in [-0.05, 0) is 24.3 Å². The van der Waals surface area contributed by atoms with Gasteiger partial charge in [-0.3, -0.25) is 10.1 Å². The lowest BCUT2D eigenvalue weighted by molar-refractivity contribution is 0.103. The summed E-state index contributed by atoms with van der Waals surface area (Å²) in [6.07, 6.45) is 1.63. The number of hydrogen-bond acceptors (Lipinski definition) is 6. The van der Waals surface area contributed by atoms with E-state index in [1.807, 2.05) is 36.4 Å². The molecule has 8 heteroatoms. The van der Waals surface area contributed by atoms with Crippen molar-refractivity contribution in [1.29, 1.82) is 0 Å². The number of nitrogen functional groups attached to an aromatic ring is 1. The Hall–Kier alpha value is -2.48. The molecule has 3 heterocycles. The second kappa shape index (κ2) is 6.44. The number of aromatic nitrogens is 2. The van der Waals surface area contributed by atoms with E-state index in [9.17, 15) is 4.79 Å². The topological polar surface area (TPSA) is 80.9 Å². The van der Waals surface area contributed by atoms with Gasteiger partial charge in [-0.1, -0.05) is 23.7 Å². The minimum atomic E-state index is -0.275. The highest BCUT2D eigenvalue weighted by atomic mass is 35.5. The molecule has 0 radical (unpaired) electrons. The molecule has 5 nitrogen and oxygen atoms in total. The number of benzene rings is 1. The molecular formula is C17H11ClN4OS2. The smallest absolute Gasteiger partial charge is 0.269 e. The fourth-order valence-electron chi connectivity index (χ4n) is 2.39. The first kappa shape index (κ1) is 16.0. The second-order valence-electron chi connectivity index (χ2n) is 5.19. The van der Waals surface area contributed by atoms with Crippen LogP contribution in [-0.2, 0) is 0 Å². The molecule has 0 bridgehead atoms. The van der Waals surface area contributed by atoms with Crippen molar-refractivity contribution in [2.75, 3.05) is 11.1 Å². The van der Waals surface area contributed by atoms with E-state index in [4.69, 9.17) is 17.3 Å². The van der Waals surface area contributed by atoms with Gasteiger partial charge in [-0.2, -0.15) is 0 Å². The van der Waals surface area contributed by atoms with Gasteiger partial charge in [0.2, 0.25) is 0 Å². The number of nitrogens with two attached hydrogens (primary N) is 1. The molecule has 0 spiro atoms. The van der Waals surface area contributed by atoms with Gasteiger partial charge < -0.3 is 5.73 Å². The lowest BCUT2D eigenvalue weighted by atomic mass is 10.1. The first-order valence-electron chi connectivity index (χ1n) is 7.27. The van der Waals surface area contributed by atoms with Crippen LogP contribution in [0, 0.1) is 0 Å². The third-order valence-electron chi connectivity index (χ3n) is 3.59. The van der Waals surface area contributed by atoms with Crippen molar-refractivity contribution < 1.29 is 4.79 Å². The number of carbonyl (C=O) groups excluding carboxylic acids is 1. The SMILES string of the molecule is Nc1c(C(=O)Nc2nccs2)sc2nc(-c3ccc(Cl)cc3)ccc12. The Morgan fingerprint density at radius 2 is 1.96 bits per heavy atom. The molecule has 0 aliphatic heterocycles. The summed E-state index contributed by atoms with van der Waals surface area (Å²) in [7, 11) is 0. The van der Waals surface area contributed by atoms with Crippen LogP contribution in [0.5, 0.6) is 0 Å². The lowest BCUT2D eigenvalue weighted by Crippen LogP contribution is -2.11. The minimum Gasteiger partial charge on any atom is -0.397 e. The van der Waals surface area contributed by atoms with Crippen LogP contribution < -0.4 is 11.1 Å². The first-order chi connectivity index (χ1) is 12.1. The highest BCUT2D eigenvalue weighted by Gasteiger charge is 2.18. The molecule has 0 saturated carbocycles. The number of thiophene rings is 1. The van der Waals surface area contributed by atoms with Gasteiger partial charge >= 0.3 is 0 Å². The Morgan fingerprint density at radius 3 is 2.68 bits per heavy atom. The molecule has 1 amide bonds. The predicted molar refractivity (Wildman–Crippen MR) is 105 cm³/mol. The van der Waals surface area contributed by atoms with Crippen LogP contribution in [0.3, 0.4) is 0 Å². The third-order valence-corrected chi connectivity index (χ3v) is 5.65. The molecule has 0 saturated heterocycles. The van der Waals surface area contributed by atoms with Crippen molar-refractivity contribution in [3.63, 3.8) is 0 Å². The Labute approximate surface area is 156 Å². The van der Waals surface area contributed by atoms with Gasteiger partial charge in [0.05, 0.1) is 11.4 Å². The summed E-state index contributed by atoms with van der Waals surface area (Å²) in [5, 5.41) is 6.53. The van der Waals surface area contributed by atoms with Crippen molar-refractivity contribution in [3.8, 4) is 11.3 Å². The van der Waals surface area contributed by atoms with Crippen molar-refractivity contribution >= 4 is 61.2 Å². The van der Waals surface area contributed by atoms with Crippen LogP contribution in [0.1, 0.15) is 9.67 Å². The van der Waals surface area contributed by atoms with E-state index in [2.05, 4.69) is 15.3 Å². The number of nitrogens with zero attached hydrogens (tertiary/aromatic N) is 2. The van der Waals surface area contributed by atoms with Crippen LogP contribution in [0.25, 0.3) is 21.5 Å². The zero-order valence-corrected chi connectivity index (χ0v) is 15.1. The average molecular weight is 387 g/mol. The molecule has 0 fully saturated rings. The summed E-state index contributed by atoms with van der Waals surface area (Å²) >= 11 is 8.55. The summed E-state index contributed by atoms with van der Waals surface area (Å²) in [6.45, 7) is 0. The van der Waals surface area contributed by atoms with E-state index in [1.165, 1.54) is 22.7 Å². The van der Waals surface area contributed by atoms with Crippen molar-refractivity contribution in [3.05, 3.63) is 57.9 Å². The second-order valence-corrected chi connectivity index (χ2v) is 7.52. The standard InChI is InChI=1S/C17H11ClN4OS2/c18-10-3-1-9(2-4-10)12-6-5-11-13(19)14(25-16(11)21-12)15(23)22-17-20-7-8-24-17/h1-8H,19H2,(H,20,22,23). The molecule has 4 rings (SSSR count). The van der Waals surface area contributed by atoms with Crippen LogP contribution in [0.15, 0.2) is 48.0 Å². The normalized spacial score (nSPS) is 10.9. The minimum absolute atomic E-state index is 0.275. The van der Waals surface area contributed by atoms with Crippen LogP contribution >= 0.6 is 34.3 Å². The maximum atomic E-state index is 12.4. The molecule has 4 aromatic rings. The van der Waals surface area contributed by atoms with Crippen molar-refractivity contribution in [2.45, 2.75) is 0 Å². The van der Waals surface area contributed by atoms with Gasteiger partial charge in [0.25, 0.3) is 5.91 Å². The van der Waals surface area contributed by atoms with E-state index < -0.39 is 0 Å². The van der Waals surface area contributed by atoms with E-state index in [0.717, 1.165) is 16.6 Å². The number of halogens is 1. The first-order valence-corrected chi connectivity index (χ1v) is 9.35. The maximum absolute atomic E-state index is 12.4.